The van der Waals surface area contributed by atoms with Crippen LogP contribution in [0.2, 0.25) is 0 Å². The number of rotatable bonds is 7. The van der Waals surface area contributed by atoms with Crippen molar-refractivity contribution in [1.29, 1.82) is 0 Å². The third kappa shape index (κ3) is 3.86. The minimum Gasteiger partial charge on any atom is -0.397 e. The van der Waals surface area contributed by atoms with Gasteiger partial charge in [0, 0.05) is 12.6 Å². The molecule has 0 amide bonds. The number of nitrogens with one attached hydrogen (secondary N) is 2. The Labute approximate surface area is 121 Å². The second-order valence-electron chi connectivity index (χ2n) is 5.47. The van der Waals surface area contributed by atoms with Gasteiger partial charge < -0.3 is 11.1 Å². The molecule has 112 valence electrons. The Morgan fingerprint density at radius 3 is 2.70 bits per heavy atom. The van der Waals surface area contributed by atoms with Crippen molar-refractivity contribution in [1.82, 2.24) is 4.72 Å². The van der Waals surface area contributed by atoms with Crippen molar-refractivity contribution in [2.24, 2.45) is 5.92 Å². The highest BCUT2D eigenvalue weighted by Crippen LogP contribution is 2.34. The van der Waals surface area contributed by atoms with Crippen LogP contribution in [0.3, 0.4) is 0 Å². The van der Waals surface area contributed by atoms with Gasteiger partial charge in [0.1, 0.15) is 0 Å². The first-order valence-electron chi connectivity index (χ1n) is 7.08. The summed E-state index contributed by atoms with van der Waals surface area (Å²) < 4.78 is 26.5. The van der Waals surface area contributed by atoms with Crippen LogP contribution in [0.4, 0.5) is 11.4 Å². The van der Waals surface area contributed by atoms with Crippen LogP contribution in [0.25, 0.3) is 0 Å². The van der Waals surface area contributed by atoms with Gasteiger partial charge in [0.25, 0.3) is 0 Å². The first kappa shape index (κ1) is 15.1. The van der Waals surface area contributed by atoms with Gasteiger partial charge in [-0.15, -0.1) is 0 Å². The molecule has 1 aromatic rings. The van der Waals surface area contributed by atoms with Crippen LogP contribution in [0.1, 0.15) is 33.1 Å². The highest BCUT2D eigenvalue weighted by atomic mass is 32.2. The molecule has 0 aliphatic heterocycles. The third-order valence-corrected chi connectivity index (χ3v) is 5.00. The smallest absolute Gasteiger partial charge is 0.240 e. The maximum atomic E-state index is 12.0. The molecule has 0 heterocycles. The number of nitrogen functional groups attached to an aromatic ring is 1. The van der Waals surface area contributed by atoms with Crippen LogP contribution in [0.15, 0.2) is 23.1 Å². The predicted molar refractivity (Wildman–Crippen MR) is 82.1 cm³/mol. The molecule has 4 N–H and O–H groups in total. The van der Waals surface area contributed by atoms with Crippen molar-refractivity contribution in [3.63, 3.8) is 0 Å². The Morgan fingerprint density at radius 1 is 1.40 bits per heavy atom. The molecule has 0 radical (unpaired) electrons. The molecule has 1 aromatic carbocycles. The van der Waals surface area contributed by atoms with Crippen molar-refractivity contribution in [3.05, 3.63) is 18.2 Å². The zero-order valence-corrected chi connectivity index (χ0v) is 12.8. The molecule has 1 saturated carbocycles. The van der Waals surface area contributed by atoms with E-state index in [0.717, 1.165) is 12.3 Å². The van der Waals surface area contributed by atoms with Crippen LogP contribution in [0.5, 0.6) is 0 Å². The molecule has 0 saturated heterocycles. The minimum absolute atomic E-state index is 0.245. The number of sulfonamides is 1. The van der Waals surface area contributed by atoms with Crippen molar-refractivity contribution in [2.75, 3.05) is 17.6 Å². The SMILES string of the molecule is CCNS(=O)(=O)c1ccc(N)c(NC(C)CC2CC2)c1. The largest absolute Gasteiger partial charge is 0.397 e. The molecule has 1 aliphatic carbocycles. The molecule has 5 nitrogen and oxygen atoms in total. The average Bonchev–Trinajstić information content (AvgIpc) is 3.15. The molecular weight excluding hydrogens is 274 g/mol. The number of nitrogens with two attached hydrogens (primary N) is 1. The Balaban J connectivity index is 2.15. The maximum absolute atomic E-state index is 12.0. The fourth-order valence-corrected chi connectivity index (χ4v) is 3.35. The van der Waals surface area contributed by atoms with Gasteiger partial charge in [-0.3, -0.25) is 0 Å². The van der Waals surface area contributed by atoms with E-state index < -0.39 is 10.0 Å². The molecule has 0 aromatic heterocycles. The normalized spacial score (nSPS) is 16.9. The lowest BCUT2D eigenvalue weighted by atomic mass is 10.1. The summed E-state index contributed by atoms with van der Waals surface area (Å²) in [6.07, 6.45) is 3.70. The molecule has 1 fully saturated rings. The van der Waals surface area contributed by atoms with E-state index in [9.17, 15) is 8.42 Å². The topological polar surface area (TPSA) is 84.2 Å². The summed E-state index contributed by atoms with van der Waals surface area (Å²) in [6, 6.07) is 5.07. The maximum Gasteiger partial charge on any atom is 0.240 e. The zero-order valence-electron chi connectivity index (χ0n) is 12.0. The third-order valence-electron chi connectivity index (χ3n) is 3.46. The van der Waals surface area contributed by atoms with Crippen molar-refractivity contribution in [2.45, 2.75) is 44.0 Å². The summed E-state index contributed by atoms with van der Waals surface area (Å²) in [5.41, 5.74) is 7.19. The lowest BCUT2D eigenvalue weighted by Crippen LogP contribution is -2.23. The van der Waals surface area contributed by atoms with E-state index in [-0.39, 0.29) is 4.90 Å². The summed E-state index contributed by atoms with van der Waals surface area (Å²) in [7, 11) is -3.44. The van der Waals surface area contributed by atoms with E-state index in [1.165, 1.54) is 18.9 Å². The van der Waals surface area contributed by atoms with Gasteiger partial charge in [-0.05, 0) is 37.5 Å². The molecule has 0 spiro atoms. The number of benzene rings is 1. The van der Waals surface area contributed by atoms with Crippen LogP contribution in [-0.2, 0) is 10.0 Å². The lowest BCUT2D eigenvalue weighted by Gasteiger charge is -2.17. The number of hydrogen-bond acceptors (Lipinski definition) is 4. The molecule has 1 aliphatic rings. The lowest BCUT2D eigenvalue weighted by molar-refractivity contribution is 0.584. The summed E-state index contributed by atoms with van der Waals surface area (Å²) >= 11 is 0. The van der Waals surface area contributed by atoms with Crippen LogP contribution in [0, 0.1) is 5.92 Å². The van der Waals surface area contributed by atoms with Gasteiger partial charge in [0.05, 0.1) is 16.3 Å². The van der Waals surface area contributed by atoms with E-state index in [4.69, 9.17) is 5.73 Å². The van der Waals surface area contributed by atoms with Crippen LogP contribution in [-0.4, -0.2) is 21.0 Å². The number of anilines is 2. The second kappa shape index (κ2) is 6.01. The standard InChI is InChI=1S/C14H23N3O2S/c1-3-16-20(18,19)12-6-7-13(15)14(9-12)17-10(2)8-11-4-5-11/h6-7,9-11,16-17H,3-5,8,15H2,1-2H3. The monoisotopic (exact) mass is 297 g/mol. The van der Waals surface area contributed by atoms with Crippen LogP contribution < -0.4 is 15.8 Å². The van der Waals surface area contributed by atoms with E-state index in [2.05, 4.69) is 17.0 Å². The first-order chi connectivity index (χ1) is 9.42. The fourth-order valence-electron chi connectivity index (χ4n) is 2.28. The molecule has 6 heteroatoms. The first-order valence-corrected chi connectivity index (χ1v) is 8.56. The van der Waals surface area contributed by atoms with Crippen LogP contribution >= 0.6 is 0 Å². The summed E-state index contributed by atoms with van der Waals surface area (Å²) in [5.74, 6) is 0.812. The average molecular weight is 297 g/mol. The summed E-state index contributed by atoms with van der Waals surface area (Å²) in [5, 5.41) is 3.32. The Morgan fingerprint density at radius 2 is 2.10 bits per heavy atom. The quantitative estimate of drug-likeness (QED) is 0.673. The minimum atomic E-state index is -3.44. The summed E-state index contributed by atoms with van der Waals surface area (Å²) in [4.78, 5) is 0.245. The van der Waals surface area contributed by atoms with E-state index in [0.29, 0.717) is 24.0 Å². The molecule has 1 unspecified atom stereocenters. The second-order valence-corrected chi connectivity index (χ2v) is 7.24. The molecule has 2 rings (SSSR count). The molecule has 20 heavy (non-hydrogen) atoms. The molecule has 1 atom stereocenters. The molecule has 0 bridgehead atoms. The Hall–Kier alpha value is -1.27. The van der Waals surface area contributed by atoms with E-state index >= 15 is 0 Å². The highest BCUT2D eigenvalue weighted by molar-refractivity contribution is 7.89. The van der Waals surface area contributed by atoms with Gasteiger partial charge in [-0.25, -0.2) is 13.1 Å². The van der Waals surface area contributed by atoms with Gasteiger partial charge >= 0.3 is 0 Å². The Bertz CT molecular complexity index is 568. The van der Waals surface area contributed by atoms with Gasteiger partial charge in [-0.1, -0.05) is 19.8 Å². The fraction of sp³-hybridized carbons (Fsp3) is 0.571. The van der Waals surface area contributed by atoms with Gasteiger partial charge in [-0.2, -0.15) is 0 Å². The number of hydrogen-bond donors (Lipinski definition) is 3. The zero-order chi connectivity index (χ0) is 14.8. The predicted octanol–water partition coefficient (Wildman–Crippen LogP) is 2.17. The van der Waals surface area contributed by atoms with E-state index in [1.54, 1.807) is 19.1 Å². The highest BCUT2D eigenvalue weighted by Gasteiger charge is 2.24. The van der Waals surface area contributed by atoms with Crippen molar-refractivity contribution >= 4 is 21.4 Å². The Kier molecular flexibility index (Phi) is 4.55. The van der Waals surface area contributed by atoms with Crippen molar-refractivity contribution in [3.8, 4) is 0 Å². The van der Waals surface area contributed by atoms with E-state index in [1.807, 2.05) is 0 Å². The molecular formula is C14H23N3O2S. The van der Waals surface area contributed by atoms with Crippen molar-refractivity contribution < 1.29 is 8.42 Å². The summed E-state index contributed by atoms with van der Waals surface area (Å²) in [6.45, 7) is 4.22. The van der Waals surface area contributed by atoms with Gasteiger partial charge in [0.2, 0.25) is 10.0 Å². The van der Waals surface area contributed by atoms with Gasteiger partial charge in [0.15, 0.2) is 0 Å².